The highest BCUT2D eigenvalue weighted by atomic mass is 19.4. The largest absolute Gasteiger partial charge is 0.491 e. The topological polar surface area (TPSA) is 145 Å². The number of hydrogen-bond donors (Lipinski definition) is 1. The van der Waals surface area contributed by atoms with Crippen molar-refractivity contribution in [1.82, 2.24) is 29.7 Å². The molecule has 1 aromatic carbocycles. The summed E-state index contributed by atoms with van der Waals surface area (Å²) in [5, 5.41) is 7.78. The monoisotopic (exact) mass is 621 g/mol. The van der Waals surface area contributed by atoms with Crippen molar-refractivity contribution in [3.8, 4) is 5.75 Å². The van der Waals surface area contributed by atoms with Crippen molar-refractivity contribution in [3.05, 3.63) is 41.2 Å². The second-order valence-corrected chi connectivity index (χ2v) is 11.6. The number of halogens is 3. The van der Waals surface area contributed by atoms with Crippen molar-refractivity contribution in [3.63, 3.8) is 0 Å². The van der Waals surface area contributed by atoms with E-state index < -0.39 is 35.7 Å². The Morgan fingerprint density at radius 3 is 2.64 bits per heavy atom. The van der Waals surface area contributed by atoms with E-state index in [4.69, 9.17) is 19.9 Å². The molecule has 0 bridgehead atoms. The molecule has 3 saturated heterocycles. The molecule has 3 fully saturated rings. The second kappa shape index (κ2) is 12.3. The van der Waals surface area contributed by atoms with Crippen LogP contribution in [0.3, 0.4) is 0 Å². The number of aromatic nitrogens is 3. The van der Waals surface area contributed by atoms with Crippen LogP contribution in [0.15, 0.2) is 24.4 Å². The SMILES string of the molecule is NC(=O)Cn1cc(CO[C@@H]2C[C@H]3C(=O)N4CCN(C5CCOCC5)C[C@H]4COc4ccc(C(F)(F)F)cc4C(=O)N3C2)nn1. The number of nitrogens with two attached hydrogens (primary N) is 1. The molecule has 0 spiro atoms. The molecule has 238 valence electrons. The van der Waals surface area contributed by atoms with Crippen molar-refractivity contribution < 1.29 is 41.8 Å². The second-order valence-electron chi connectivity index (χ2n) is 11.6. The fraction of sp³-hybridized carbons (Fsp3) is 0.607. The first-order valence-electron chi connectivity index (χ1n) is 14.6. The van der Waals surface area contributed by atoms with Gasteiger partial charge in [0.15, 0.2) is 0 Å². The number of carbonyl (C=O) groups excluding carboxylic acids is 3. The van der Waals surface area contributed by atoms with Gasteiger partial charge in [-0.05, 0) is 31.0 Å². The molecule has 4 aliphatic heterocycles. The number of alkyl halides is 3. The van der Waals surface area contributed by atoms with Gasteiger partial charge in [0, 0.05) is 51.9 Å². The maximum atomic E-state index is 14.1. The van der Waals surface area contributed by atoms with Gasteiger partial charge in [0.05, 0.1) is 36.1 Å². The summed E-state index contributed by atoms with van der Waals surface area (Å²) < 4.78 is 59.9. The molecule has 4 aliphatic rings. The van der Waals surface area contributed by atoms with E-state index in [-0.39, 0.29) is 56.0 Å². The zero-order valence-corrected chi connectivity index (χ0v) is 23.9. The molecule has 0 saturated carbocycles. The fourth-order valence-electron chi connectivity index (χ4n) is 6.45. The summed E-state index contributed by atoms with van der Waals surface area (Å²) in [6.07, 6.45) is -1.86. The summed E-state index contributed by atoms with van der Waals surface area (Å²) in [7, 11) is 0. The highest BCUT2D eigenvalue weighted by molar-refractivity contribution is 6.00. The molecule has 0 aliphatic carbocycles. The van der Waals surface area contributed by atoms with Crippen LogP contribution in [0.4, 0.5) is 13.2 Å². The lowest BCUT2D eigenvalue weighted by molar-refractivity contribution is -0.143. The summed E-state index contributed by atoms with van der Waals surface area (Å²) in [5.74, 6) is -1.57. The third-order valence-corrected chi connectivity index (χ3v) is 8.65. The number of primary amides is 1. The summed E-state index contributed by atoms with van der Waals surface area (Å²) >= 11 is 0. The Bertz CT molecular complexity index is 1400. The van der Waals surface area contributed by atoms with Crippen LogP contribution >= 0.6 is 0 Å². The summed E-state index contributed by atoms with van der Waals surface area (Å²) in [4.78, 5) is 44.5. The van der Waals surface area contributed by atoms with Gasteiger partial charge >= 0.3 is 6.18 Å². The van der Waals surface area contributed by atoms with Crippen LogP contribution in [-0.4, -0.2) is 118 Å². The Balaban J connectivity index is 1.27. The highest BCUT2D eigenvalue weighted by Crippen LogP contribution is 2.36. The Morgan fingerprint density at radius 2 is 1.89 bits per heavy atom. The van der Waals surface area contributed by atoms with Crippen LogP contribution in [0.25, 0.3) is 0 Å². The molecule has 0 unspecified atom stereocenters. The molecule has 3 amide bonds. The molecule has 3 atom stereocenters. The number of ether oxygens (including phenoxy) is 3. The average molecular weight is 622 g/mol. The van der Waals surface area contributed by atoms with E-state index in [1.54, 1.807) is 4.90 Å². The average Bonchev–Trinajstić information content (AvgIpc) is 3.64. The normalized spacial score (nSPS) is 25.3. The standard InChI is InChI=1S/C28H34F3N7O6/c29-28(30,31)17-1-2-24-22(9-17)26(40)38-13-21(43-15-18-11-36(34-33-18)14-25(32)39)10-23(38)27(41)37-6-5-35(12-20(37)16-44-24)19-3-7-42-8-4-19/h1-2,9,11,19-21,23H,3-8,10,12-16H2,(H2,32,39)/t20-,21+,23-/m0/s1. The van der Waals surface area contributed by atoms with Gasteiger partial charge in [-0.25, -0.2) is 4.68 Å². The number of fused-ring (bicyclic) bond motifs is 3. The zero-order valence-electron chi connectivity index (χ0n) is 23.9. The smallest absolute Gasteiger partial charge is 0.416 e. The zero-order chi connectivity index (χ0) is 31.0. The summed E-state index contributed by atoms with van der Waals surface area (Å²) in [6, 6.07) is 1.87. The first-order valence-corrected chi connectivity index (χ1v) is 14.6. The minimum Gasteiger partial charge on any atom is -0.491 e. The molecule has 5 heterocycles. The number of benzene rings is 1. The molecule has 2 aromatic rings. The van der Waals surface area contributed by atoms with Gasteiger partial charge in [-0.1, -0.05) is 5.21 Å². The van der Waals surface area contributed by atoms with Gasteiger partial charge in [-0.15, -0.1) is 5.10 Å². The van der Waals surface area contributed by atoms with Gasteiger partial charge in [-0.3, -0.25) is 19.3 Å². The summed E-state index contributed by atoms with van der Waals surface area (Å²) in [5.41, 5.74) is 4.37. The number of carbonyl (C=O) groups is 3. The van der Waals surface area contributed by atoms with Gasteiger partial charge in [0.1, 0.15) is 30.6 Å². The molecule has 1 aromatic heterocycles. The van der Waals surface area contributed by atoms with Crippen molar-refractivity contribution in [2.45, 2.75) is 62.8 Å². The summed E-state index contributed by atoms with van der Waals surface area (Å²) in [6.45, 7) is 2.79. The van der Waals surface area contributed by atoms with Crippen LogP contribution < -0.4 is 10.5 Å². The molecular weight excluding hydrogens is 587 g/mol. The molecule has 13 nitrogen and oxygen atoms in total. The Morgan fingerprint density at radius 1 is 1.09 bits per heavy atom. The number of piperazine rings is 1. The molecule has 16 heteroatoms. The van der Waals surface area contributed by atoms with E-state index in [9.17, 15) is 27.6 Å². The molecular formula is C28H34F3N7O6. The number of rotatable bonds is 6. The predicted octanol–water partition coefficient (Wildman–Crippen LogP) is 0.666. The van der Waals surface area contributed by atoms with E-state index in [0.717, 1.165) is 25.0 Å². The fourth-order valence-corrected chi connectivity index (χ4v) is 6.45. The van der Waals surface area contributed by atoms with Gasteiger partial charge in [0.2, 0.25) is 11.8 Å². The number of nitrogens with zero attached hydrogens (tertiary/aromatic N) is 6. The van der Waals surface area contributed by atoms with Crippen molar-refractivity contribution in [1.29, 1.82) is 0 Å². The predicted molar refractivity (Wildman–Crippen MR) is 145 cm³/mol. The number of hydrogen-bond acceptors (Lipinski definition) is 9. The third-order valence-electron chi connectivity index (χ3n) is 8.65. The van der Waals surface area contributed by atoms with Crippen LogP contribution in [-0.2, 0) is 38.4 Å². The van der Waals surface area contributed by atoms with Crippen molar-refractivity contribution in [2.75, 3.05) is 46.0 Å². The van der Waals surface area contributed by atoms with Gasteiger partial charge in [-0.2, -0.15) is 13.2 Å². The first kappa shape index (κ1) is 30.3. The van der Waals surface area contributed by atoms with Crippen molar-refractivity contribution in [2.24, 2.45) is 5.73 Å². The lowest BCUT2D eigenvalue weighted by Crippen LogP contribution is -2.62. The van der Waals surface area contributed by atoms with Crippen molar-refractivity contribution >= 4 is 17.7 Å². The lowest BCUT2D eigenvalue weighted by atomic mass is 10.0. The van der Waals surface area contributed by atoms with E-state index in [1.165, 1.54) is 21.8 Å². The quantitative estimate of drug-likeness (QED) is 0.492. The van der Waals surface area contributed by atoms with E-state index in [2.05, 4.69) is 15.2 Å². The van der Waals surface area contributed by atoms with Crippen LogP contribution in [0.2, 0.25) is 0 Å². The highest BCUT2D eigenvalue weighted by Gasteiger charge is 2.46. The first-order chi connectivity index (χ1) is 21.1. The minimum absolute atomic E-state index is 0.0172. The maximum Gasteiger partial charge on any atom is 0.416 e. The Labute approximate surface area is 251 Å². The molecule has 6 rings (SSSR count). The van der Waals surface area contributed by atoms with Gasteiger partial charge in [0.25, 0.3) is 5.91 Å². The van der Waals surface area contributed by atoms with E-state index in [1.807, 2.05) is 0 Å². The van der Waals surface area contributed by atoms with Crippen LogP contribution in [0, 0.1) is 0 Å². The Kier molecular flexibility index (Phi) is 8.48. The van der Waals surface area contributed by atoms with Crippen LogP contribution in [0.1, 0.15) is 40.9 Å². The van der Waals surface area contributed by atoms with E-state index >= 15 is 0 Å². The van der Waals surface area contributed by atoms with Crippen LogP contribution in [0.5, 0.6) is 5.75 Å². The third kappa shape index (κ3) is 6.37. The van der Waals surface area contributed by atoms with Gasteiger partial charge < -0.3 is 29.7 Å². The lowest BCUT2D eigenvalue weighted by Gasteiger charge is -2.46. The number of amides is 3. The minimum atomic E-state index is -4.67. The maximum absolute atomic E-state index is 14.1. The molecule has 0 radical (unpaired) electrons. The molecule has 44 heavy (non-hydrogen) atoms. The Hall–Kier alpha value is -3.76. The molecule has 2 N–H and O–H groups in total. The van der Waals surface area contributed by atoms with E-state index in [0.29, 0.717) is 44.6 Å².